The van der Waals surface area contributed by atoms with E-state index in [0.717, 1.165) is 51.4 Å². The number of carbonyl (C=O) groups excluding carboxylic acids is 3. The fourth-order valence-corrected chi connectivity index (χ4v) is 4.86. The first-order valence-corrected chi connectivity index (χ1v) is 11.2. The molecule has 5 nitrogen and oxygen atoms in total. The minimum atomic E-state index is -0.568. The van der Waals surface area contributed by atoms with Crippen molar-refractivity contribution >= 4 is 18.1 Å². The minimum absolute atomic E-state index is 0.0146. The topological polar surface area (TPSA) is 66.5 Å². The number of nitrogens with zero attached hydrogens (tertiary/aromatic N) is 1. The lowest BCUT2D eigenvalue weighted by Gasteiger charge is -2.32. The summed E-state index contributed by atoms with van der Waals surface area (Å²) in [7, 11) is 0. The SMILES string of the molecule is CC(C)C(=O)C(NC(=O)c1cccc(C2CCCN(C=O)C2)c1F)C1CCCCC1. The van der Waals surface area contributed by atoms with Crippen LogP contribution in [-0.2, 0) is 9.59 Å². The molecule has 2 fully saturated rings. The van der Waals surface area contributed by atoms with Crippen molar-refractivity contribution < 1.29 is 18.8 Å². The Bertz CT molecular complexity index is 774. The molecule has 2 unspecified atom stereocenters. The Labute approximate surface area is 178 Å². The van der Waals surface area contributed by atoms with Gasteiger partial charge < -0.3 is 10.2 Å². The lowest BCUT2D eigenvalue weighted by atomic mass is 9.80. The zero-order valence-corrected chi connectivity index (χ0v) is 18.0. The van der Waals surface area contributed by atoms with Crippen LogP contribution in [0.5, 0.6) is 0 Å². The maximum Gasteiger partial charge on any atom is 0.254 e. The van der Waals surface area contributed by atoms with Gasteiger partial charge in [-0.15, -0.1) is 0 Å². The van der Waals surface area contributed by atoms with Gasteiger partial charge in [-0.2, -0.15) is 0 Å². The highest BCUT2D eigenvalue weighted by Crippen LogP contribution is 2.31. The number of piperidine rings is 1. The molecule has 0 bridgehead atoms. The fourth-order valence-electron chi connectivity index (χ4n) is 4.86. The maximum atomic E-state index is 15.3. The molecule has 1 aromatic carbocycles. The van der Waals surface area contributed by atoms with E-state index in [1.807, 2.05) is 13.8 Å². The van der Waals surface area contributed by atoms with Gasteiger partial charge in [0.25, 0.3) is 5.91 Å². The molecule has 30 heavy (non-hydrogen) atoms. The number of rotatable bonds is 7. The Morgan fingerprint density at radius 2 is 1.87 bits per heavy atom. The number of carbonyl (C=O) groups is 3. The van der Waals surface area contributed by atoms with Crippen molar-refractivity contribution in [3.05, 3.63) is 35.1 Å². The fraction of sp³-hybridized carbons (Fsp3) is 0.625. The van der Waals surface area contributed by atoms with E-state index in [9.17, 15) is 14.4 Å². The Morgan fingerprint density at radius 1 is 1.13 bits per heavy atom. The van der Waals surface area contributed by atoms with Crippen molar-refractivity contribution in [2.24, 2.45) is 11.8 Å². The highest BCUT2D eigenvalue weighted by Gasteiger charge is 2.33. The molecule has 0 radical (unpaired) electrons. The molecule has 1 aliphatic carbocycles. The number of hydrogen-bond donors (Lipinski definition) is 1. The lowest BCUT2D eigenvalue weighted by Crippen LogP contribution is -2.48. The predicted octanol–water partition coefficient (Wildman–Crippen LogP) is 4.07. The monoisotopic (exact) mass is 416 g/mol. The average Bonchev–Trinajstić information content (AvgIpc) is 2.77. The molecule has 0 spiro atoms. The predicted molar refractivity (Wildman–Crippen MR) is 114 cm³/mol. The van der Waals surface area contributed by atoms with Crippen molar-refractivity contribution in [3.63, 3.8) is 0 Å². The number of likely N-dealkylation sites (tertiary alicyclic amines) is 1. The summed E-state index contributed by atoms with van der Waals surface area (Å²) in [4.78, 5) is 38.6. The van der Waals surface area contributed by atoms with Crippen LogP contribution in [0.4, 0.5) is 4.39 Å². The van der Waals surface area contributed by atoms with Crippen LogP contribution in [0.1, 0.15) is 80.6 Å². The van der Waals surface area contributed by atoms with Gasteiger partial charge in [0.1, 0.15) is 5.82 Å². The smallest absolute Gasteiger partial charge is 0.254 e. The number of halogens is 1. The van der Waals surface area contributed by atoms with Gasteiger partial charge in [-0.1, -0.05) is 45.2 Å². The molecule has 1 heterocycles. The molecule has 1 aliphatic heterocycles. The lowest BCUT2D eigenvalue weighted by molar-refractivity contribution is -0.125. The highest BCUT2D eigenvalue weighted by molar-refractivity contribution is 5.98. The van der Waals surface area contributed by atoms with Crippen LogP contribution in [0.2, 0.25) is 0 Å². The van der Waals surface area contributed by atoms with Gasteiger partial charge in [0.05, 0.1) is 11.6 Å². The second-order valence-corrected chi connectivity index (χ2v) is 9.05. The summed E-state index contributed by atoms with van der Waals surface area (Å²) in [5, 5.41) is 2.88. The number of nitrogens with one attached hydrogen (secondary N) is 1. The summed E-state index contributed by atoms with van der Waals surface area (Å²) in [6.07, 6.45) is 7.48. The Balaban J connectivity index is 1.81. The van der Waals surface area contributed by atoms with Crippen LogP contribution in [0, 0.1) is 17.7 Å². The van der Waals surface area contributed by atoms with E-state index >= 15 is 4.39 Å². The van der Waals surface area contributed by atoms with Gasteiger partial charge in [-0.3, -0.25) is 14.4 Å². The standard InChI is InChI=1S/C24H33FN2O3/c1-16(2)23(29)22(17-8-4-3-5-9-17)26-24(30)20-12-6-11-19(21(20)25)18-10-7-13-27(14-18)15-28/h6,11-12,15-18,22H,3-5,7-10,13-14H2,1-2H3,(H,26,30). The van der Waals surface area contributed by atoms with Gasteiger partial charge in [0, 0.05) is 24.9 Å². The number of Topliss-reactive ketones (excluding diaryl/α,β-unsaturated/α-hetero) is 1. The van der Waals surface area contributed by atoms with Crippen LogP contribution < -0.4 is 5.32 Å². The largest absolute Gasteiger partial charge is 0.345 e. The Morgan fingerprint density at radius 3 is 2.53 bits per heavy atom. The molecule has 1 aromatic rings. The van der Waals surface area contributed by atoms with Gasteiger partial charge >= 0.3 is 0 Å². The summed E-state index contributed by atoms with van der Waals surface area (Å²) < 4.78 is 15.3. The third kappa shape index (κ3) is 5.08. The van der Waals surface area contributed by atoms with Gasteiger partial charge in [-0.25, -0.2) is 4.39 Å². The zero-order chi connectivity index (χ0) is 21.7. The zero-order valence-electron chi connectivity index (χ0n) is 18.0. The first-order valence-electron chi connectivity index (χ1n) is 11.2. The average molecular weight is 417 g/mol. The van der Waals surface area contributed by atoms with Crippen LogP contribution in [0.25, 0.3) is 0 Å². The van der Waals surface area contributed by atoms with Crippen molar-refractivity contribution in [3.8, 4) is 0 Å². The van der Waals surface area contributed by atoms with Crippen molar-refractivity contribution in [1.29, 1.82) is 0 Å². The Kier molecular flexibility index (Phi) is 7.62. The molecule has 3 rings (SSSR count). The molecule has 1 saturated heterocycles. The summed E-state index contributed by atoms with van der Waals surface area (Å²) in [6.45, 7) is 4.82. The molecule has 1 N–H and O–H groups in total. The second kappa shape index (κ2) is 10.2. The van der Waals surface area contributed by atoms with E-state index in [1.54, 1.807) is 17.0 Å². The van der Waals surface area contributed by atoms with E-state index < -0.39 is 17.8 Å². The molecule has 1 saturated carbocycles. The van der Waals surface area contributed by atoms with Crippen molar-refractivity contribution in [2.45, 2.75) is 70.8 Å². The normalized spacial score (nSPS) is 21.3. The van der Waals surface area contributed by atoms with Gasteiger partial charge in [0.15, 0.2) is 5.78 Å². The molecular formula is C24H33FN2O3. The molecule has 2 atom stereocenters. The molecule has 6 heteroatoms. The van der Waals surface area contributed by atoms with E-state index in [2.05, 4.69) is 5.32 Å². The number of amides is 2. The van der Waals surface area contributed by atoms with Crippen LogP contribution in [-0.4, -0.2) is 42.1 Å². The van der Waals surface area contributed by atoms with Crippen LogP contribution in [0.3, 0.4) is 0 Å². The van der Waals surface area contributed by atoms with E-state index in [-0.39, 0.29) is 29.1 Å². The molecule has 2 aliphatic rings. The van der Waals surface area contributed by atoms with Crippen molar-refractivity contribution in [2.75, 3.05) is 13.1 Å². The molecular weight excluding hydrogens is 383 g/mol. The summed E-state index contributed by atoms with van der Waals surface area (Å²) in [5.41, 5.74) is 0.451. The third-order valence-corrected chi connectivity index (χ3v) is 6.60. The van der Waals surface area contributed by atoms with Gasteiger partial charge in [0.2, 0.25) is 6.41 Å². The second-order valence-electron chi connectivity index (χ2n) is 9.05. The van der Waals surface area contributed by atoms with E-state index in [0.29, 0.717) is 18.7 Å². The summed E-state index contributed by atoms with van der Waals surface area (Å²) in [5.74, 6) is -1.24. The Hall–Kier alpha value is -2.24. The first kappa shape index (κ1) is 22.4. The molecule has 164 valence electrons. The maximum absolute atomic E-state index is 15.3. The number of hydrogen-bond acceptors (Lipinski definition) is 3. The summed E-state index contributed by atoms with van der Waals surface area (Å²) >= 11 is 0. The van der Waals surface area contributed by atoms with E-state index in [1.165, 1.54) is 6.07 Å². The first-order chi connectivity index (χ1) is 14.4. The number of ketones is 1. The van der Waals surface area contributed by atoms with Gasteiger partial charge in [-0.05, 0) is 43.2 Å². The molecule has 0 aromatic heterocycles. The third-order valence-electron chi connectivity index (χ3n) is 6.60. The highest BCUT2D eigenvalue weighted by atomic mass is 19.1. The van der Waals surface area contributed by atoms with E-state index in [4.69, 9.17) is 0 Å². The van der Waals surface area contributed by atoms with Crippen molar-refractivity contribution in [1.82, 2.24) is 10.2 Å². The minimum Gasteiger partial charge on any atom is -0.345 e. The number of benzene rings is 1. The van der Waals surface area contributed by atoms with Crippen LogP contribution in [0.15, 0.2) is 18.2 Å². The quantitative estimate of drug-likeness (QED) is 0.682. The summed E-state index contributed by atoms with van der Waals surface area (Å²) in [6, 6.07) is 4.29. The molecule has 2 amide bonds. The van der Waals surface area contributed by atoms with Crippen LogP contribution >= 0.6 is 0 Å².